The number of amides is 1. The molecule has 45 heavy (non-hydrogen) atoms. The fourth-order valence-corrected chi connectivity index (χ4v) is 5.55. The average molecular weight is 615 g/mol. The predicted molar refractivity (Wildman–Crippen MR) is 178 cm³/mol. The number of nitrogens with one attached hydrogen (secondary N) is 2. The number of carbonyl (C=O) groups is 1. The largest absolute Gasteiger partial charge is 0.444 e. The fourth-order valence-electron chi connectivity index (χ4n) is 5.55. The Morgan fingerprint density at radius 3 is 2.53 bits per heavy atom. The van der Waals surface area contributed by atoms with Gasteiger partial charge in [0, 0.05) is 61.4 Å². The van der Waals surface area contributed by atoms with Crippen LogP contribution < -0.4 is 16.2 Å². The Balaban J connectivity index is 1.31. The summed E-state index contributed by atoms with van der Waals surface area (Å²) in [5, 5.41) is 6.68. The molecular formula is C34H46N8O3. The van der Waals surface area contributed by atoms with Crippen LogP contribution in [0.5, 0.6) is 0 Å². The summed E-state index contributed by atoms with van der Waals surface area (Å²) in [5.74, 6) is 0.428. The lowest BCUT2D eigenvalue weighted by atomic mass is 9.91. The van der Waals surface area contributed by atoms with Crippen LogP contribution in [-0.4, -0.2) is 60.5 Å². The number of alkyl carbamates (subject to hydrolysis) is 1. The molecule has 2 N–H and O–H groups in total. The van der Waals surface area contributed by atoms with Crippen LogP contribution in [0.25, 0.3) is 16.7 Å². The van der Waals surface area contributed by atoms with Gasteiger partial charge in [0.2, 0.25) is 5.95 Å². The zero-order chi connectivity index (χ0) is 32.5. The first-order chi connectivity index (χ1) is 21.2. The van der Waals surface area contributed by atoms with E-state index in [-0.39, 0.29) is 23.1 Å². The first kappa shape index (κ1) is 32.2. The Bertz CT molecular complexity index is 1740. The van der Waals surface area contributed by atoms with E-state index in [2.05, 4.69) is 58.4 Å². The minimum atomic E-state index is -0.494. The van der Waals surface area contributed by atoms with Gasteiger partial charge in [-0.25, -0.2) is 19.1 Å². The molecule has 0 aliphatic carbocycles. The van der Waals surface area contributed by atoms with E-state index in [0.717, 1.165) is 49.5 Å². The predicted octanol–water partition coefficient (Wildman–Crippen LogP) is 5.87. The topological polar surface area (TPSA) is 119 Å². The van der Waals surface area contributed by atoms with E-state index in [1.54, 1.807) is 17.1 Å². The zero-order valence-corrected chi connectivity index (χ0v) is 27.8. The minimum Gasteiger partial charge on any atom is -0.444 e. The third kappa shape index (κ3) is 7.53. The smallest absolute Gasteiger partial charge is 0.407 e. The van der Waals surface area contributed by atoms with Crippen LogP contribution in [0.15, 0.2) is 47.5 Å². The number of pyridine rings is 1. The van der Waals surface area contributed by atoms with Crippen molar-refractivity contribution in [3.63, 3.8) is 0 Å². The van der Waals surface area contributed by atoms with Crippen molar-refractivity contribution in [2.45, 2.75) is 91.8 Å². The second kappa shape index (κ2) is 12.6. The van der Waals surface area contributed by atoms with Gasteiger partial charge in [0.1, 0.15) is 11.0 Å². The first-order valence-corrected chi connectivity index (χ1v) is 15.7. The van der Waals surface area contributed by atoms with Gasteiger partial charge in [-0.1, -0.05) is 26.8 Å². The highest BCUT2D eigenvalue weighted by molar-refractivity contribution is 5.77. The summed E-state index contributed by atoms with van der Waals surface area (Å²) in [7, 11) is 0. The maximum atomic E-state index is 13.5. The standard InChI is InChI=1S/C34H46N8O3/c1-22(2)41-30(43)27-20-37-31(39-29(27)42(41)26-12-15-35-28(19-26)33(3,4)5)38-25-11-10-24-21-40(17-13-23(24)18-25)16-9-14-36-32(44)45-34(6,7)8/h10-12,15,18-20,22H,9,13-14,16-17,21H2,1-8H3,(H,36,44)(H,37,38,39). The number of hydrogen-bond donors (Lipinski definition) is 2. The van der Waals surface area contributed by atoms with Crippen LogP contribution in [-0.2, 0) is 23.1 Å². The molecule has 4 heterocycles. The van der Waals surface area contributed by atoms with Gasteiger partial charge < -0.3 is 15.4 Å². The van der Waals surface area contributed by atoms with E-state index in [9.17, 15) is 9.59 Å². The van der Waals surface area contributed by atoms with Crippen LogP contribution in [0.2, 0.25) is 0 Å². The van der Waals surface area contributed by atoms with Gasteiger partial charge >= 0.3 is 6.09 Å². The van der Waals surface area contributed by atoms with Crippen LogP contribution in [0.1, 0.15) is 84.7 Å². The van der Waals surface area contributed by atoms with Gasteiger partial charge in [-0.3, -0.25) is 14.7 Å². The lowest BCUT2D eigenvalue weighted by molar-refractivity contribution is 0.0525. The number of nitrogens with zero attached hydrogens (tertiary/aromatic N) is 6. The van der Waals surface area contributed by atoms with Crippen LogP contribution in [0.3, 0.4) is 0 Å². The second-order valence-electron chi connectivity index (χ2n) is 14.1. The molecule has 1 aromatic carbocycles. The monoisotopic (exact) mass is 614 g/mol. The molecule has 240 valence electrons. The van der Waals surface area contributed by atoms with Crippen molar-refractivity contribution >= 4 is 28.8 Å². The Morgan fingerprint density at radius 1 is 1.04 bits per heavy atom. The molecule has 0 saturated carbocycles. The molecule has 3 aromatic heterocycles. The van der Waals surface area contributed by atoms with Gasteiger partial charge in [0.25, 0.3) is 5.56 Å². The molecule has 5 rings (SSSR count). The molecule has 4 aromatic rings. The Morgan fingerprint density at radius 2 is 1.82 bits per heavy atom. The molecule has 0 unspecified atom stereocenters. The second-order valence-corrected chi connectivity index (χ2v) is 14.1. The van der Waals surface area contributed by atoms with Gasteiger partial charge in [-0.05, 0) is 82.9 Å². The Labute approximate surface area is 265 Å². The van der Waals surface area contributed by atoms with Gasteiger partial charge in [-0.2, -0.15) is 4.98 Å². The molecule has 11 nitrogen and oxygen atoms in total. The minimum absolute atomic E-state index is 0.0872. The SMILES string of the molecule is CC(C)n1c(=O)c2cnc(Nc3ccc4c(c3)CCN(CCCNC(=O)OC(C)(C)C)C4)nc2n1-c1ccnc(C(C)(C)C)c1. The number of hydrogen-bond acceptors (Lipinski definition) is 8. The lowest BCUT2D eigenvalue weighted by Gasteiger charge is -2.29. The maximum Gasteiger partial charge on any atom is 0.407 e. The van der Waals surface area contributed by atoms with E-state index in [1.807, 2.05) is 57.5 Å². The van der Waals surface area contributed by atoms with Crippen molar-refractivity contribution < 1.29 is 9.53 Å². The Hall–Kier alpha value is -4.25. The quantitative estimate of drug-likeness (QED) is 0.237. The normalized spacial score (nSPS) is 14.1. The molecule has 0 spiro atoms. The van der Waals surface area contributed by atoms with Crippen LogP contribution in [0, 0.1) is 0 Å². The summed E-state index contributed by atoms with van der Waals surface area (Å²) in [6.07, 6.45) is 4.81. The summed E-state index contributed by atoms with van der Waals surface area (Å²) < 4.78 is 8.92. The van der Waals surface area contributed by atoms with Gasteiger partial charge in [-0.15, -0.1) is 0 Å². The Kier molecular flexibility index (Phi) is 9.02. The summed E-state index contributed by atoms with van der Waals surface area (Å²) in [4.78, 5) is 41.7. The number of benzene rings is 1. The highest BCUT2D eigenvalue weighted by Crippen LogP contribution is 2.27. The van der Waals surface area contributed by atoms with E-state index in [4.69, 9.17) is 9.72 Å². The van der Waals surface area contributed by atoms with Crippen LogP contribution in [0.4, 0.5) is 16.4 Å². The van der Waals surface area contributed by atoms with Crippen molar-refractivity contribution in [2.24, 2.45) is 0 Å². The third-order valence-electron chi connectivity index (χ3n) is 7.74. The van der Waals surface area contributed by atoms with Crippen LogP contribution >= 0.6 is 0 Å². The molecule has 0 fully saturated rings. The van der Waals surface area contributed by atoms with Crippen molar-refractivity contribution in [3.8, 4) is 5.69 Å². The molecule has 1 aliphatic rings. The highest BCUT2D eigenvalue weighted by Gasteiger charge is 2.23. The number of anilines is 2. The van der Waals surface area contributed by atoms with Crippen molar-refractivity contribution in [2.75, 3.05) is 25.0 Å². The molecule has 0 saturated heterocycles. The average Bonchev–Trinajstić information content (AvgIpc) is 3.25. The number of aromatic nitrogens is 5. The first-order valence-electron chi connectivity index (χ1n) is 15.7. The highest BCUT2D eigenvalue weighted by atomic mass is 16.6. The van der Waals surface area contributed by atoms with Crippen molar-refractivity contribution in [3.05, 3.63) is 69.9 Å². The van der Waals surface area contributed by atoms with Gasteiger partial charge in [0.05, 0.1) is 5.69 Å². The number of rotatable bonds is 8. The molecule has 1 amide bonds. The summed E-state index contributed by atoms with van der Waals surface area (Å²) >= 11 is 0. The zero-order valence-electron chi connectivity index (χ0n) is 27.8. The summed E-state index contributed by atoms with van der Waals surface area (Å²) in [5.41, 5.74) is 5.03. The number of ether oxygens (including phenoxy) is 1. The lowest BCUT2D eigenvalue weighted by Crippen LogP contribution is -2.36. The van der Waals surface area contributed by atoms with E-state index < -0.39 is 5.60 Å². The summed E-state index contributed by atoms with van der Waals surface area (Å²) in [6.45, 7) is 19.2. The molecular weight excluding hydrogens is 568 g/mol. The molecule has 11 heteroatoms. The third-order valence-corrected chi connectivity index (χ3v) is 7.74. The van der Waals surface area contributed by atoms with Crippen molar-refractivity contribution in [1.29, 1.82) is 0 Å². The van der Waals surface area contributed by atoms with Gasteiger partial charge in [0.15, 0.2) is 5.65 Å². The van der Waals surface area contributed by atoms with Crippen molar-refractivity contribution in [1.82, 2.24) is 34.5 Å². The van der Waals surface area contributed by atoms with E-state index in [1.165, 1.54) is 11.1 Å². The molecule has 0 atom stereocenters. The number of carbonyl (C=O) groups excluding carboxylic acids is 1. The summed E-state index contributed by atoms with van der Waals surface area (Å²) in [6, 6.07) is 10.2. The van der Waals surface area contributed by atoms with E-state index >= 15 is 0 Å². The maximum absolute atomic E-state index is 13.5. The molecule has 0 bridgehead atoms. The fraction of sp³-hybridized carbons (Fsp3) is 0.500. The number of fused-ring (bicyclic) bond motifs is 2. The van der Waals surface area contributed by atoms with E-state index in [0.29, 0.717) is 23.5 Å². The molecule has 0 radical (unpaired) electrons. The molecule has 1 aliphatic heterocycles.